The monoisotopic (exact) mass is 339 g/mol. The molecule has 1 aromatic rings. The number of carbonyl (C=O) groups is 2. The summed E-state index contributed by atoms with van der Waals surface area (Å²) in [6.45, 7) is 7.04. The smallest absolute Gasteiger partial charge is 0.342 e. The topological polar surface area (TPSA) is 83.1 Å². The standard InChI is InChI=1S/C17H25NO6/c1-10(15(19)18-17(2,3)4)24-16(20)11-8-13(22-6)14(23-7)9-12(11)21-5/h8-10H,1-7H3,(H,18,19). The van der Waals surface area contributed by atoms with E-state index >= 15 is 0 Å². The quantitative estimate of drug-likeness (QED) is 0.800. The summed E-state index contributed by atoms with van der Waals surface area (Å²) in [6, 6.07) is 2.98. The Kier molecular flexibility index (Phi) is 6.45. The number of ether oxygens (including phenoxy) is 4. The van der Waals surface area contributed by atoms with Crippen LogP contribution in [-0.4, -0.2) is 44.8 Å². The molecule has 134 valence electrons. The Morgan fingerprint density at radius 1 is 0.958 bits per heavy atom. The average molecular weight is 339 g/mol. The van der Waals surface area contributed by atoms with E-state index in [2.05, 4.69) is 5.32 Å². The van der Waals surface area contributed by atoms with Crippen molar-refractivity contribution in [3.63, 3.8) is 0 Å². The average Bonchev–Trinajstić information content (AvgIpc) is 2.51. The third kappa shape index (κ3) is 5.04. The van der Waals surface area contributed by atoms with Gasteiger partial charge in [0.25, 0.3) is 5.91 Å². The Morgan fingerprint density at radius 2 is 1.46 bits per heavy atom. The van der Waals surface area contributed by atoms with Gasteiger partial charge in [0.05, 0.1) is 21.3 Å². The van der Waals surface area contributed by atoms with Crippen LogP contribution in [0.2, 0.25) is 0 Å². The fourth-order valence-corrected chi connectivity index (χ4v) is 1.94. The van der Waals surface area contributed by atoms with E-state index in [0.29, 0.717) is 11.5 Å². The molecule has 1 amide bonds. The van der Waals surface area contributed by atoms with Gasteiger partial charge < -0.3 is 24.3 Å². The van der Waals surface area contributed by atoms with E-state index in [1.807, 2.05) is 20.8 Å². The van der Waals surface area contributed by atoms with E-state index < -0.39 is 17.6 Å². The van der Waals surface area contributed by atoms with E-state index in [-0.39, 0.29) is 17.2 Å². The van der Waals surface area contributed by atoms with Crippen molar-refractivity contribution < 1.29 is 28.5 Å². The lowest BCUT2D eigenvalue weighted by atomic mass is 10.1. The summed E-state index contributed by atoms with van der Waals surface area (Å²) in [5.41, 5.74) is -0.274. The lowest BCUT2D eigenvalue weighted by Gasteiger charge is -2.23. The molecule has 0 heterocycles. The summed E-state index contributed by atoms with van der Waals surface area (Å²) in [4.78, 5) is 24.4. The van der Waals surface area contributed by atoms with Crippen LogP contribution < -0.4 is 19.5 Å². The Hall–Kier alpha value is -2.44. The van der Waals surface area contributed by atoms with Crippen molar-refractivity contribution in [2.24, 2.45) is 0 Å². The first-order chi connectivity index (χ1) is 11.1. The minimum absolute atomic E-state index is 0.144. The third-order valence-electron chi connectivity index (χ3n) is 3.08. The zero-order valence-electron chi connectivity index (χ0n) is 15.2. The molecule has 0 aromatic heterocycles. The van der Waals surface area contributed by atoms with E-state index in [4.69, 9.17) is 18.9 Å². The molecule has 0 saturated heterocycles. The van der Waals surface area contributed by atoms with Gasteiger partial charge >= 0.3 is 5.97 Å². The van der Waals surface area contributed by atoms with Gasteiger partial charge in [-0.1, -0.05) is 0 Å². The van der Waals surface area contributed by atoms with Crippen LogP contribution in [0.5, 0.6) is 17.2 Å². The number of carbonyl (C=O) groups excluding carboxylic acids is 2. The van der Waals surface area contributed by atoms with Crippen LogP contribution in [-0.2, 0) is 9.53 Å². The first-order valence-electron chi connectivity index (χ1n) is 7.46. The highest BCUT2D eigenvalue weighted by Crippen LogP contribution is 2.35. The Bertz CT molecular complexity index is 606. The molecule has 7 heteroatoms. The molecular weight excluding hydrogens is 314 g/mol. The van der Waals surface area contributed by atoms with Crippen molar-refractivity contribution in [3.8, 4) is 17.2 Å². The van der Waals surface area contributed by atoms with Crippen molar-refractivity contribution in [2.75, 3.05) is 21.3 Å². The highest BCUT2D eigenvalue weighted by molar-refractivity contribution is 5.95. The lowest BCUT2D eigenvalue weighted by Crippen LogP contribution is -2.46. The van der Waals surface area contributed by atoms with Crippen molar-refractivity contribution in [2.45, 2.75) is 39.3 Å². The molecule has 1 rings (SSSR count). The lowest BCUT2D eigenvalue weighted by molar-refractivity contribution is -0.130. The molecule has 1 N–H and O–H groups in total. The van der Waals surface area contributed by atoms with Gasteiger partial charge in [-0.15, -0.1) is 0 Å². The summed E-state index contributed by atoms with van der Waals surface area (Å²) in [5.74, 6) is -0.0257. The summed E-state index contributed by atoms with van der Waals surface area (Å²) in [6.07, 6.45) is -0.950. The SMILES string of the molecule is COc1cc(OC)c(C(=O)OC(C)C(=O)NC(C)(C)C)cc1OC. The molecule has 0 bridgehead atoms. The zero-order valence-corrected chi connectivity index (χ0v) is 15.2. The minimum atomic E-state index is -0.950. The number of hydrogen-bond donors (Lipinski definition) is 1. The second kappa shape index (κ2) is 7.90. The largest absolute Gasteiger partial charge is 0.496 e. The summed E-state index contributed by atoms with van der Waals surface area (Å²) in [5, 5.41) is 2.75. The van der Waals surface area contributed by atoms with Gasteiger partial charge in [-0.05, 0) is 27.7 Å². The van der Waals surface area contributed by atoms with Crippen LogP contribution in [0.1, 0.15) is 38.1 Å². The van der Waals surface area contributed by atoms with E-state index in [1.54, 1.807) is 0 Å². The van der Waals surface area contributed by atoms with Crippen LogP contribution in [0.3, 0.4) is 0 Å². The van der Waals surface area contributed by atoms with Gasteiger partial charge in [0.1, 0.15) is 11.3 Å². The molecule has 0 saturated carbocycles. The van der Waals surface area contributed by atoms with Crippen LogP contribution in [0.4, 0.5) is 0 Å². The van der Waals surface area contributed by atoms with Crippen LogP contribution in [0.25, 0.3) is 0 Å². The van der Waals surface area contributed by atoms with Gasteiger partial charge in [0.15, 0.2) is 17.6 Å². The fraction of sp³-hybridized carbons (Fsp3) is 0.529. The molecule has 1 atom stereocenters. The molecule has 1 unspecified atom stereocenters. The van der Waals surface area contributed by atoms with Gasteiger partial charge in [-0.2, -0.15) is 0 Å². The number of rotatable bonds is 6. The molecule has 0 spiro atoms. The van der Waals surface area contributed by atoms with Crippen LogP contribution in [0.15, 0.2) is 12.1 Å². The Balaban J connectivity index is 3.00. The molecule has 0 radical (unpaired) electrons. The Labute approximate surface area is 142 Å². The molecule has 0 aliphatic rings. The first kappa shape index (κ1) is 19.6. The predicted octanol–water partition coefficient (Wildman–Crippen LogP) is 2.17. The van der Waals surface area contributed by atoms with Gasteiger partial charge in [0.2, 0.25) is 0 Å². The maximum Gasteiger partial charge on any atom is 0.342 e. The zero-order chi connectivity index (χ0) is 18.5. The van der Waals surface area contributed by atoms with Gasteiger partial charge in [-0.3, -0.25) is 4.79 Å². The number of nitrogens with one attached hydrogen (secondary N) is 1. The highest BCUT2D eigenvalue weighted by Gasteiger charge is 2.25. The third-order valence-corrected chi connectivity index (χ3v) is 3.08. The molecule has 0 fully saturated rings. The summed E-state index contributed by atoms with van der Waals surface area (Å²) < 4.78 is 20.8. The molecule has 0 aliphatic heterocycles. The maximum absolute atomic E-state index is 12.4. The van der Waals surface area contributed by atoms with Gasteiger partial charge in [-0.25, -0.2) is 4.79 Å². The second-order valence-corrected chi connectivity index (χ2v) is 6.19. The Morgan fingerprint density at radius 3 is 1.92 bits per heavy atom. The van der Waals surface area contributed by atoms with Crippen LogP contribution >= 0.6 is 0 Å². The van der Waals surface area contributed by atoms with Crippen molar-refractivity contribution in [3.05, 3.63) is 17.7 Å². The highest BCUT2D eigenvalue weighted by atomic mass is 16.6. The van der Waals surface area contributed by atoms with E-state index in [0.717, 1.165) is 0 Å². The van der Waals surface area contributed by atoms with Crippen molar-refractivity contribution in [1.29, 1.82) is 0 Å². The van der Waals surface area contributed by atoms with Gasteiger partial charge in [0, 0.05) is 17.7 Å². The maximum atomic E-state index is 12.4. The number of hydrogen-bond acceptors (Lipinski definition) is 6. The van der Waals surface area contributed by atoms with Crippen molar-refractivity contribution >= 4 is 11.9 Å². The first-order valence-corrected chi connectivity index (χ1v) is 7.46. The molecule has 0 aliphatic carbocycles. The minimum Gasteiger partial charge on any atom is -0.496 e. The molecule has 24 heavy (non-hydrogen) atoms. The molecule has 7 nitrogen and oxygen atoms in total. The molecular formula is C17H25NO6. The van der Waals surface area contributed by atoms with E-state index in [1.165, 1.54) is 40.4 Å². The fourth-order valence-electron chi connectivity index (χ4n) is 1.94. The predicted molar refractivity (Wildman–Crippen MR) is 88.9 cm³/mol. The number of esters is 1. The van der Waals surface area contributed by atoms with Crippen LogP contribution in [0, 0.1) is 0 Å². The van der Waals surface area contributed by atoms with E-state index in [9.17, 15) is 9.59 Å². The number of amides is 1. The normalized spacial score (nSPS) is 12.1. The molecule has 1 aromatic carbocycles. The van der Waals surface area contributed by atoms with Crippen molar-refractivity contribution in [1.82, 2.24) is 5.32 Å². The second-order valence-electron chi connectivity index (χ2n) is 6.19. The number of benzene rings is 1. The summed E-state index contributed by atoms with van der Waals surface area (Å²) >= 11 is 0. The summed E-state index contributed by atoms with van der Waals surface area (Å²) in [7, 11) is 4.36. The number of methoxy groups -OCH3 is 3.